The van der Waals surface area contributed by atoms with Gasteiger partial charge in [-0.05, 0) is 41.5 Å². The summed E-state index contributed by atoms with van der Waals surface area (Å²) in [6.45, 7) is 2.42. The van der Waals surface area contributed by atoms with Gasteiger partial charge in [0.1, 0.15) is 5.75 Å². The zero-order chi connectivity index (χ0) is 20.8. The number of Topliss-reactive ketones (excluding diaryl/α,β-unsaturated/α-hetero) is 1. The standard InChI is InChI=1S/C23H21NO5/c1-2-29-21-10-6-5-9-19(21)24(22(26)14-20(25)23(27)28)15-16-11-12-17-7-3-4-8-18(17)13-16/h3-13H,2,14-15H2,1H3,(H,27,28). The van der Waals surface area contributed by atoms with Gasteiger partial charge in [-0.2, -0.15) is 0 Å². The Bertz CT molecular complexity index is 1060. The second kappa shape index (κ2) is 9.01. The van der Waals surface area contributed by atoms with Crippen LogP contribution in [0.3, 0.4) is 0 Å². The highest BCUT2D eigenvalue weighted by Gasteiger charge is 2.25. The van der Waals surface area contributed by atoms with Gasteiger partial charge < -0.3 is 14.7 Å². The predicted molar refractivity (Wildman–Crippen MR) is 110 cm³/mol. The van der Waals surface area contributed by atoms with Crippen LogP contribution in [0.5, 0.6) is 5.75 Å². The molecule has 1 amide bonds. The number of nitrogens with zero attached hydrogens (tertiary/aromatic N) is 1. The summed E-state index contributed by atoms with van der Waals surface area (Å²) in [5.74, 6) is -2.88. The average Bonchev–Trinajstić information content (AvgIpc) is 2.72. The number of hydrogen-bond donors (Lipinski definition) is 1. The number of para-hydroxylation sites is 2. The minimum absolute atomic E-state index is 0.181. The first kappa shape index (κ1) is 20.1. The van der Waals surface area contributed by atoms with Gasteiger partial charge in [-0.15, -0.1) is 0 Å². The number of fused-ring (bicyclic) bond motifs is 1. The molecule has 3 aromatic carbocycles. The summed E-state index contributed by atoms with van der Waals surface area (Å²) in [5, 5.41) is 11.0. The average molecular weight is 391 g/mol. The van der Waals surface area contributed by atoms with Crippen molar-refractivity contribution in [2.75, 3.05) is 11.5 Å². The van der Waals surface area contributed by atoms with Crippen molar-refractivity contribution >= 4 is 34.1 Å². The maximum absolute atomic E-state index is 12.9. The van der Waals surface area contributed by atoms with Crippen molar-refractivity contribution in [3.8, 4) is 5.75 Å². The zero-order valence-electron chi connectivity index (χ0n) is 16.0. The maximum atomic E-state index is 12.9. The first-order valence-corrected chi connectivity index (χ1v) is 9.25. The lowest BCUT2D eigenvalue weighted by Crippen LogP contribution is -2.33. The monoisotopic (exact) mass is 391 g/mol. The van der Waals surface area contributed by atoms with E-state index in [9.17, 15) is 14.4 Å². The number of benzene rings is 3. The summed E-state index contributed by atoms with van der Waals surface area (Å²) in [4.78, 5) is 36.8. The Morgan fingerprint density at radius 2 is 1.62 bits per heavy atom. The number of carboxylic acid groups (broad SMARTS) is 1. The topological polar surface area (TPSA) is 83.9 Å². The Kier molecular flexibility index (Phi) is 6.24. The van der Waals surface area contributed by atoms with Crippen LogP contribution in [-0.2, 0) is 20.9 Å². The van der Waals surface area contributed by atoms with Crippen LogP contribution in [-0.4, -0.2) is 29.4 Å². The molecule has 0 unspecified atom stereocenters. The minimum Gasteiger partial charge on any atom is -0.492 e. The number of rotatable bonds is 8. The molecule has 0 spiro atoms. The number of carbonyl (C=O) groups is 3. The molecule has 0 aromatic heterocycles. The third-order valence-corrected chi connectivity index (χ3v) is 4.46. The SMILES string of the molecule is CCOc1ccccc1N(Cc1ccc2ccccc2c1)C(=O)CC(=O)C(=O)O. The molecule has 148 valence electrons. The van der Waals surface area contributed by atoms with Gasteiger partial charge >= 0.3 is 5.97 Å². The van der Waals surface area contributed by atoms with E-state index in [1.165, 1.54) is 4.90 Å². The Labute approximate surface area is 168 Å². The summed E-state index contributed by atoms with van der Waals surface area (Å²) in [6.07, 6.45) is -0.719. The van der Waals surface area contributed by atoms with Gasteiger partial charge in [0.05, 0.1) is 25.3 Å². The number of hydrogen-bond acceptors (Lipinski definition) is 4. The smallest absolute Gasteiger partial charge is 0.372 e. The number of aliphatic carboxylic acids is 1. The number of anilines is 1. The number of ether oxygens (including phenoxy) is 1. The fourth-order valence-corrected chi connectivity index (χ4v) is 3.09. The van der Waals surface area contributed by atoms with E-state index in [0.29, 0.717) is 18.0 Å². The lowest BCUT2D eigenvalue weighted by molar-refractivity contribution is -0.150. The van der Waals surface area contributed by atoms with Crippen molar-refractivity contribution in [3.05, 3.63) is 72.3 Å². The van der Waals surface area contributed by atoms with Crippen LogP contribution in [0.25, 0.3) is 10.8 Å². The second-order valence-corrected chi connectivity index (χ2v) is 6.47. The van der Waals surface area contributed by atoms with Gasteiger partial charge in [-0.3, -0.25) is 9.59 Å². The lowest BCUT2D eigenvalue weighted by atomic mass is 10.1. The third kappa shape index (κ3) is 4.79. The number of amides is 1. The summed E-state index contributed by atoms with van der Waals surface area (Å²) in [7, 11) is 0. The van der Waals surface area contributed by atoms with Crippen LogP contribution < -0.4 is 9.64 Å². The molecule has 0 saturated carbocycles. The van der Waals surface area contributed by atoms with Crippen LogP contribution in [0.15, 0.2) is 66.7 Å². The summed E-state index contributed by atoms with van der Waals surface area (Å²) >= 11 is 0. The zero-order valence-corrected chi connectivity index (χ0v) is 16.0. The van der Waals surface area contributed by atoms with Crippen LogP contribution in [0.2, 0.25) is 0 Å². The van der Waals surface area contributed by atoms with Crippen molar-refractivity contribution in [2.45, 2.75) is 19.9 Å². The summed E-state index contributed by atoms with van der Waals surface area (Å²) in [5.41, 5.74) is 1.34. The molecule has 3 aromatic rings. The first-order chi connectivity index (χ1) is 14.0. The van der Waals surface area contributed by atoms with E-state index in [1.54, 1.807) is 24.3 Å². The quantitative estimate of drug-likeness (QED) is 0.466. The summed E-state index contributed by atoms with van der Waals surface area (Å²) < 4.78 is 5.63. The van der Waals surface area contributed by atoms with E-state index in [0.717, 1.165) is 16.3 Å². The molecule has 0 fully saturated rings. The van der Waals surface area contributed by atoms with Crippen LogP contribution in [0, 0.1) is 0 Å². The largest absolute Gasteiger partial charge is 0.492 e. The Hall–Kier alpha value is -3.67. The molecule has 0 saturated heterocycles. The van der Waals surface area contributed by atoms with E-state index >= 15 is 0 Å². The van der Waals surface area contributed by atoms with Crippen molar-refractivity contribution < 1.29 is 24.2 Å². The molecule has 0 aliphatic carbocycles. The molecule has 0 radical (unpaired) electrons. The van der Waals surface area contributed by atoms with Gasteiger partial charge in [-0.25, -0.2) is 4.79 Å². The van der Waals surface area contributed by atoms with Crippen molar-refractivity contribution in [2.24, 2.45) is 0 Å². The van der Waals surface area contributed by atoms with Crippen LogP contribution >= 0.6 is 0 Å². The van der Waals surface area contributed by atoms with Gasteiger partial charge in [-0.1, -0.05) is 48.5 Å². The molecule has 6 nitrogen and oxygen atoms in total. The predicted octanol–water partition coefficient (Wildman–Crippen LogP) is 3.82. The molecular formula is C23H21NO5. The molecule has 0 aliphatic heterocycles. The van der Waals surface area contributed by atoms with E-state index in [4.69, 9.17) is 9.84 Å². The number of ketones is 1. The summed E-state index contributed by atoms with van der Waals surface area (Å²) in [6, 6.07) is 20.7. The fourth-order valence-electron chi connectivity index (χ4n) is 3.09. The molecule has 0 bridgehead atoms. The van der Waals surface area contributed by atoms with E-state index in [2.05, 4.69) is 0 Å². The van der Waals surface area contributed by atoms with E-state index in [-0.39, 0.29) is 6.54 Å². The van der Waals surface area contributed by atoms with Crippen molar-refractivity contribution in [3.63, 3.8) is 0 Å². The van der Waals surface area contributed by atoms with E-state index in [1.807, 2.05) is 49.4 Å². The Balaban J connectivity index is 1.98. The van der Waals surface area contributed by atoms with Crippen molar-refractivity contribution in [1.29, 1.82) is 0 Å². The van der Waals surface area contributed by atoms with Crippen LogP contribution in [0.4, 0.5) is 5.69 Å². The maximum Gasteiger partial charge on any atom is 0.372 e. The first-order valence-electron chi connectivity index (χ1n) is 9.25. The number of carboxylic acids is 1. The molecule has 29 heavy (non-hydrogen) atoms. The highest BCUT2D eigenvalue weighted by atomic mass is 16.5. The molecular weight excluding hydrogens is 370 g/mol. The number of carbonyl (C=O) groups excluding carboxylic acids is 2. The molecule has 1 N–H and O–H groups in total. The fraction of sp³-hybridized carbons (Fsp3) is 0.174. The molecule has 0 heterocycles. The minimum atomic E-state index is -1.62. The molecule has 0 aliphatic rings. The molecule has 3 rings (SSSR count). The third-order valence-electron chi connectivity index (χ3n) is 4.46. The van der Waals surface area contributed by atoms with Gasteiger partial charge in [0.15, 0.2) is 0 Å². The van der Waals surface area contributed by atoms with Gasteiger partial charge in [0, 0.05) is 0 Å². The van der Waals surface area contributed by atoms with Gasteiger partial charge in [0.25, 0.3) is 0 Å². The van der Waals surface area contributed by atoms with Crippen LogP contribution in [0.1, 0.15) is 18.9 Å². The Morgan fingerprint density at radius 3 is 2.34 bits per heavy atom. The molecule has 6 heteroatoms. The van der Waals surface area contributed by atoms with Gasteiger partial charge in [0.2, 0.25) is 11.7 Å². The Morgan fingerprint density at radius 1 is 0.931 bits per heavy atom. The van der Waals surface area contributed by atoms with Crippen molar-refractivity contribution in [1.82, 2.24) is 0 Å². The normalized spacial score (nSPS) is 10.5. The highest BCUT2D eigenvalue weighted by Crippen LogP contribution is 2.30. The van der Waals surface area contributed by atoms with E-state index < -0.39 is 24.1 Å². The molecule has 0 atom stereocenters. The highest BCUT2D eigenvalue weighted by molar-refractivity contribution is 6.36. The lowest BCUT2D eigenvalue weighted by Gasteiger charge is -2.25. The second-order valence-electron chi connectivity index (χ2n) is 6.47.